The third-order valence-electron chi connectivity index (χ3n) is 4.49. The van der Waals surface area contributed by atoms with Crippen LogP contribution in [0.15, 0.2) is 24.3 Å². The fourth-order valence-corrected chi connectivity index (χ4v) is 2.92. The number of aliphatic hydroxyl groups excluding tert-OH is 1. The van der Waals surface area contributed by atoms with Gasteiger partial charge in [-0.3, -0.25) is 9.69 Å². The standard InChI is InChI=1S/C19H30N2O2/c1-19(2,3)16-7-5-15(6-8-16)13-20(4)14-18(23)21-11-9-17(22)10-12-21/h5-8,17,22H,9-14H2,1-4H3. The second-order valence-corrected chi connectivity index (χ2v) is 7.73. The molecule has 1 N–H and O–H groups in total. The maximum absolute atomic E-state index is 12.3. The number of aliphatic hydroxyl groups is 1. The lowest BCUT2D eigenvalue weighted by atomic mass is 9.87. The molecule has 2 rings (SSSR count). The quantitative estimate of drug-likeness (QED) is 0.927. The molecular weight excluding hydrogens is 288 g/mol. The van der Waals surface area contributed by atoms with Crippen LogP contribution in [-0.4, -0.2) is 53.6 Å². The summed E-state index contributed by atoms with van der Waals surface area (Å²) in [6.07, 6.45) is 1.16. The molecule has 1 aromatic carbocycles. The van der Waals surface area contributed by atoms with Gasteiger partial charge in [-0.1, -0.05) is 45.0 Å². The Balaban J connectivity index is 1.84. The number of nitrogens with zero attached hydrogens (tertiary/aromatic N) is 2. The van der Waals surface area contributed by atoms with E-state index in [9.17, 15) is 9.90 Å². The fraction of sp³-hybridized carbons (Fsp3) is 0.632. The lowest BCUT2D eigenvalue weighted by Crippen LogP contribution is -2.44. The van der Waals surface area contributed by atoms with Gasteiger partial charge in [0, 0.05) is 19.6 Å². The van der Waals surface area contributed by atoms with Crippen LogP contribution in [0.3, 0.4) is 0 Å². The fourth-order valence-electron chi connectivity index (χ4n) is 2.92. The molecule has 0 aliphatic carbocycles. The Kier molecular flexibility index (Phi) is 5.82. The van der Waals surface area contributed by atoms with Crippen molar-refractivity contribution in [3.8, 4) is 0 Å². The highest BCUT2D eigenvalue weighted by Gasteiger charge is 2.22. The molecule has 0 bridgehead atoms. The number of likely N-dealkylation sites (N-methyl/N-ethyl adjacent to an activating group) is 1. The summed E-state index contributed by atoms with van der Waals surface area (Å²) in [6.45, 7) is 9.18. The van der Waals surface area contributed by atoms with Gasteiger partial charge in [-0.2, -0.15) is 0 Å². The minimum atomic E-state index is -0.238. The van der Waals surface area contributed by atoms with Gasteiger partial charge in [0.1, 0.15) is 0 Å². The number of hydrogen-bond acceptors (Lipinski definition) is 3. The average Bonchev–Trinajstić information content (AvgIpc) is 2.47. The van der Waals surface area contributed by atoms with Gasteiger partial charge in [0.2, 0.25) is 5.91 Å². The molecule has 0 atom stereocenters. The van der Waals surface area contributed by atoms with E-state index in [0.29, 0.717) is 32.5 Å². The number of hydrogen-bond donors (Lipinski definition) is 1. The molecule has 4 heteroatoms. The summed E-state index contributed by atoms with van der Waals surface area (Å²) >= 11 is 0. The van der Waals surface area contributed by atoms with E-state index in [2.05, 4.69) is 49.9 Å². The highest BCUT2D eigenvalue weighted by atomic mass is 16.3. The van der Waals surface area contributed by atoms with Gasteiger partial charge in [-0.15, -0.1) is 0 Å². The Morgan fingerprint density at radius 2 is 1.78 bits per heavy atom. The third-order valence-corrected chi connectivity index (χ3v) is 4.49. The van der Waals surface area contributed by atoms with Gasteiger partial charge in [0.15, 0.2) is 0 Å². The highest BCUT2D eigenvalue weighted by Crippen LogP contribution is 2.22. The summed E-state index contributed by atoms with van der Waals surface area (Å²) in [4.78, 5) is 16.2. The average molecular weight is 318 g/mol. The number of amides is 1. The zero-order chi connectivity index (χ0) is 17.0. The Hall–Kier alpha value is -1.39. The molecule has 0 saturated carbocycles. The van der Waals surface area contributed by atoms with E-state index in [1.165, 1.54) is 11.1 Å². The van der Waals surface area contributed by atoms with Gasteiger partial charge in [-0.25, -0.2) is 0 Å². The zero-order valence-corrected chi connectivity index (χ0v) is 14.9. The Morgan fingerprint density at radius 3 is 2.30 bits per heavy atom. The van der Waals surface area contributed by atoms with Crippen LogP contribution in [0.1, 0.15) is 44.7 Å². The van der Waals surface area contributed by atoms with Crippen LogP contribution >= 0.6 is 0 Å². The van der Waals surface area contributed by atoms with Gasteiger partial charge in [-0.05, 0) is 36.4 Å². The molecule has 1 aliphatic heterocycles. The number of benzene rings is 1. The van der Waals surface area contributed by atoms with Crippen LogP contribution < -0.4 is 0 Å². The monoisotopic (exact) mass is 318 g/mol. The first-order chi connectivity index (χ1) is 10.8. The second-order valence-electron chi connectivity index (χ2n) is 7.73. The van der Waals surface area contributed by atoms with E-state index < -0.39 is 0 Å². The SMILES string of the molecule is CN(CC(=O)N1CCC(O)CC1)Cc1ccc(C(C)(C)C)cc1. The maximum atomic E-state index is 12.3. The van der Waals surface area contributed by atoms with Gasteiger partial charge in [0.05, 0.1) is 12.6 Å². The van der Waals surface area contributed by atoms with Crippen molar-refractivity contribution < 1.29 is 9.90 Å². The molecule has 0 radical (unpaired) electrons. The van der Waals surface area contributed by atoms with Crippen LogP contribution in [0.25, 0.3) is 0 Å². The smallest absolute Gasteiger partial charge is 0.236 e. The van der Waals surface area contributed by atoms with Crippen LogP contribution in [-0.2, 0) is 16.8 Å². The molecule has 0 aromatic heterocycles. The Bertz CT molecular complexity index is 511. The normalized spacial score (nSPS) is 16.9. The first-order valence-electron chi connectivity index (χ1n) is 8.49. The van der Waals surface area contributed by atoms with E-state index in [-0.39, 0.29) is 17.4 Å². The Labute approximate surface area is 140 Å². The number of likely N-dealkylation sites (tertiary alicyclic amines) is 1. The molecule has 1 saturated heterocycles. The van der Waals surface area contributed by atoms with E-state index in [1.807, 2.05) is 11.9 Å². The highest BCUT2D eigenvalue weighted by molar-refractivity contribution is 5.78. The van der Waals surface area contributed by atoms with Crippen molar-refractivity contribution in [2.24, 2.45) is 0 Å². The Morgan fingerprint density at radius 1 is 1.22 bits per heavy atom. The van der Waals surface area contributed by atoms with Crippen molar-refractivity contribution in [3.63, 3.8) is 0 Å². The summed E-state index contributed by atoms with van der Waals surface area (Å²) in [7, 11) is 1.98. The molecular formula is C19H30N2O2. The van der Waals surface area contributed by atoms with Crippen molar-refractivity contribution in [1.82, 2.24) is 9.80 Å². The lowest BCUT2D eigenvalue weighted by Gasteiger charge is -2.31. The molecule has 0 spiro atoms. The first-order valence-corrected chi connectivity index (χ1v) is 8.49. The number of carbonyl (C=O) groups is 1. The topological polar surface area (TPSA) is 43.8 Å². The van der Waals surface area contributed by atoms with E-state index >= 15 is 0 Å². The van der Waals surface area contributed by atoms with Crippen LogP contribution in [0.5, 0.6) is 0 Å². The lowest BCUT2D eigenvalue weighted by molar-refractivity contribution is -0.134. The van der Waals surface area contributed by atoms with Gasteiger partial charge >= 0.3 is 0 Å². The number of carbonyl (C=O) groups excluding carboxylic acids is 1. The zero-order valence-electron chi connectivity index (χ0n) is 14.9. The van der Waals surface area contributed by atoms with Crippen molar-refractivity contribution in [2.45, 2.75) is 51.7 Å². The molecule has 4 nitrogen and oxygen atoms in total. The number of piperidine rings is 1. The summed E-state index contributed by atoms with van der Waals surface area (Å²) in [5.41, 5.74) is 2.72. The summed E-state index contributed by atoms with van der Waals surface area (Å²) in [5.74, 6) is 0.158. The third kappa shape index (κ3) is 5.33. The van der Waals surface area contributed by atoms with Gasteiger partial charge < -0.3 is 10.0 Å². The molecule has 0 unspecified atom stereocenters. The summed E-state index contributed by atoms with van der Waals surface area (Å²) < 4.78 is 0. The number of rotatable bonds is 4. The predicted molar refractivity (Wildman–Crippen MR) is 93.3 cm³/mol. The maximum Gasteiger partial charge on any atom is 0.236 e. The second kappa shape index (κ2) is 7.45. The molecule has 23 heavy (non-hydrogen) atoms. The van der Waals surface area contributed by atoms with E-state index in [1.54, 1.807) is 0 Å². The van der Waals surface area contributed by atoms with Gasteiger partial charge in [0.25, 0.3) is 0 Å². The predicted octanol–water partition coefficient (Wildman–Crippen LogP) is 2.40. The minimum Gasteiger partial charge on any atom is -0.393 e. The molecule has 1 aromatic rings. The van der Waals surface area contributed by atoms with E-state index in [0.717, 1.165) is 6.54 Å². The van der Waals surface area contributed by atoms with Crippen LogP contribution in [0.2, 0.25) is 0 Å². The van der Waals surface area contributed by atoms with Crippen molar-refractivity contribution >= 4 is 5.91 Å². The molecule has 1 aliphatic rings. The molecule has 128 valence electrons. The molecule has 1 heterocycles. The largest absolute Gasteiger partial charge is 0.393 e. The van der Waals surface area contributed by atoms with Crippen molar-refractivity contribution in [1.29, 1.82) is 0 Å². The minimum absolute atomic E-state index is 0.158. The van der Waals surface area contributed by atoms with Crippen LogP contribution in [0, 0.1) is 0 Å². The van der Waals surface area contributed by atoms with Crippen molar-refractivity contribution in [2.75, 3.05) is 26.7 Å². The van der Waals surface area contributed by atoms with Crippen LogP contribution in [0.4, 0.5) is 0 Å². The summed E-state index contributed by atoms with van der Waals surface area (Å²) in [5, 5.41) is 9.52. The summed E-state index contributed by atoms with van der Waals surface area (Å²) in [6, 6.07) is 8.66. The molecule has 1 fully saturated rings. The van der Waals surface area contributed by atoms with E-state index in [4.69, 9.17) is 0 Å². The molecule has 1 amide bonds. The first kappa shape index (κ1) is 18.0. The van der Waals surface area contributed by atoms with Crippen molar-refractivity contribution in [3.05, 3.63) is 35.4 Å².